The molecule has 0 saturated carbocycles. The van der Waals surface area contributed by atoms with E-state index in [1.165, 1.54) is 17.8 Å². The molecule has 102 valence electrons. The van der Waals surface area contributed by atoms with Crippen LogP contribution < -0.4 is 10.5 Å². The van der Waals surface area contributed by atoms with Crippen LogP contribution in [0.25, 0.3) is 0 Å². The number of benzene rings is 1. The van der Waals surface area contributed by atoms with Crippen LogP contribution in [0.5, 0.6) is 0 Å². The zero-order valence-electron chi connectivity index (χ0n) is 9.91. The van der Waals surface area contributed by atoms with Crippen molar-refractivity contribution >= 4 is 39.1 Å². The highest BCUT2D eigenvalue weighted by Gasteiger charge is 2.22. The van der Waals surface area contributed by atoms with Crippen molar-refractivity contribution in [2.75, 3.05) is 18.5 Å². The third kappa shape index (κ3) is 3.74. The normalized spacial score (nSPS) is 13.6. The molecule has 1 aromatic carbocycles. The summed E-state index contributed by atoms with van der Waals surface area (Å²) in [5, 5.41) is -0.229. The lowest BCUT2D eigenvalue weighted by atomic mass is 10.3. The quantitative estimate of drug-likeness (QED) is 0.817. The van der Waals surface area contributed by atoms with Gasteiger partial charge in [0.25, 0.3) is 0 Å². The zero-order valence-corrected chi connectivity index (χ0v) is 12.3. The zero-order chi connectivity index (χ0) is 13.9. The van der Waals surface area contributed by atoms with Gasteiger partial charge in [-0.2, -0.15) is 11.8 Å². The predicted octanol–water partition coefficient (Wildman–Crippen LogP) is 2.09. The largest absolute Gasteiger partial charge is 0.399 e. The second-order valence-corrected chi connectivity index (χ2v) is 7.13. The van der Waals surface area contributed by atoms with E-state index >= 15 is 0 Å². The molecule has 1 atom stereocenters. The fourth-order valence-electron chi connectivity index (χ4n) is 1.17. The molecule has 0 saturated heterocycles. The number of nitrogen functional groups attached to an aromatic ring is 1. The van der Waals surface area contributed by atoms with Crippen molar-refractivity contribution < 1.29 is 12.8 Å². The summed E-state index contributed by atoms with van der Waals surface area (Å²) in [6.07, 6.45) is 1.86. The molecule has 4 nitrogen and oxygen atoms in total. The van der Waals surface area contributed by atoms with E-state index in [0.29, 0.717) is 0 Å². The Bertz CT molecular complexity index is 537. The Morgan fingerprint density at radius 3 is 2.72 bits per heavy atom. The molecule has 0 heterocycles. The second kappa shape index (κ2) is 6.10. The summed E-state index contributed by atoms with van der Waals surface area (Å²) >= 11 is 7.06. The lowest BCUT2D eigenvalue weighted by molar-refractivity contribution is 0.557. The van der Waals surface area contributed by atoms with Crippen LogP contribution in [0.1, 0.15) is 6.92 Å². The molecule has 0 aliphatic carbocycles. The summed E-state index contributed by atoms with van der Waals surface area (Å²) in [6.45, 7) is 2.06. The predicted molar refractivity (Wildman–Crippen MR) is 74.0 cm³/mol. The van der Waals surface area contributed by atoms with Gasteiger partial charge in [-0.15, -0.1) is 0 Å². The van der Waals surface area contributed by atoms with Crippen molar-refractivity contribution in [3.05, 3.63) is 23.0 Å². The van der Waals surface area contributed by atoms with Crippen LogP contribution in [0, 0.1) is 5.82 Å². The fraction of sp³-hybridized carbons (Fsp3) is 0.400. The van der Waals surface area contributed by atoms with Gasteiger partial charge in [0.05, 0.1) is 5.02 Å². The summed E-state index contributed by atoms with van der Waals surface area (Å²) in [5.74, 6) is -0.991. The number of anilines is 1. The van der Waals surface area contributed by atoms with Gasteiger partial charge in [-0.1, -0.05) is 18.5 Å². The molecule has 0 radical (unpaired) electrons. The molecule has 0 bridgehead atoms. The summed E-state index contributed by atoms with van der Waals surface area (Å²) < 4.78 is 39.8. The molecule has 1 rings (SSSR count). The van der Waals surface area contributed by atoms with Crippen molar-refractivity contribution in [1.82, 2.24) is 4.72 Å². The van der Waals surface area contributed by atoms with Gasteiger partial charge in [-0.05, 0) is 18.4 Å². The first-order valence-corrected chi connectivity index (χ1v) is 8.20. The molecule has 0 aliphatic rings. The standard InChI is InChI=1S/C10H14ClFN2O2S2/c1-6(17-2)5-14-18(15,16)9-4-7(13)3-8(11)10(9)12/h3-4,6,14H,5,13H2,1-2H3. The summed E-state index contributed by atoms with van der Waals surface area (Å²) in [5.41, 5.74) is 5.56. The fourth-order valence-corrected chi connectivity index (χ4v) is 3.07. The SMILES string of the molecule is CSC(C)CNS(=O)(=O)c1cc(N)cc(Cl)c1F. The molecular weight excluding hydrogens is 299 g/mol. The topological polar surface area (TPSA) is 72.2 Å². The number of halogens is 2. The van der Waals surface area contributed by atoms with Gasteiger partial charge in [0.2, 0.25) is 10.0 Å². The van der Waals surface area contributed by atoms with Crippen LogP contribution in [0.2, 0.25) is 5.02 Å². The van der Waals surface area contributed by atoms with Gasteiger partial charge in [-0.25, -0.2) is 17.5 Å². The highest BCUT2D eigenvalue weighted by atomic mass is 35.5. The van der Waals surface area contributed by atoms with Crippen LogP contribution in [0.3, 0.4) is 0 Å². The Hall–Kier alpha value is -0.500. The lowest BCUT2D eigenvalue weighted by Gasteiger charge is -2.12. The van der Waals surface area contributed by atoms with Crippen molar-refractivity contribution in [3.63, 3.8) is 0 Å². The summed E-state index contributed by atoms with van der Waals surface area (Å²) in [4.78, 5) is -0.527. The molecule has 1 unspecified atom stereocenters. The number of hydrogen-bond acceptors (Lipinski definition) is 4. The Kier molecular flexibility index (Phi) is 5.27. The van der Waals surface area contributed by atoms with Crippen molar-refractivity contribution in [2.24, 2.45) is 0 Å². The van der Waals surface area contributed by atoms with E-state index in [-0.39, 0.29) is 22.5 Å². The maximum Gasteiger partial charge on any atom is 0.243 e. The van der Waals surface area contributed by atoms with Gasteiger partial charge < -0.3 is 5.73 Å². The number of nitrogens with one attached hydrogen (secondary N) is 1. The molecule has 8 heteroatoms. The van der Waals surface area contributed by atoms with Crippen LogP contribution in [-0.4, -0.2) is 26.5 Å². The Balaban J connectivity index is 3.05. The maximum absolute atomic E-state index is 13.7. The van der Waals surface area contributed by atoms with E-state index in [2.05, 4.69) is 4.72 Å². The summed E-state index contributed by atoms with van der Waals surface area (Å²) in [6, 6.07) is 2.22. The average Bonchev–Trinajstić information content (AvgIpc) is 2.30. The highest BCUT2D eigenvalue weighted by molar-refractivity contribution is 7.99. The Morgan fingerprint density at radius 2 is 2.17 bits per heavy atom. The van der Waals surface area contributed by atoms with E-state index in [1.807, 2.05) is 13.2 Å². The van der Waals surface area contributed by atoms with Gasteiger partial charge in [0.15, 0.2) is 5.82 Å². The van der Waals surface area contributed by atoms with Gasteiger partial charge >= 0.3 is 0 Å². The first-order chi connectivity index (χ1) is 8.27. The third-order valence-electron chi connectivity index (χ3n) is 2.27. The molecule has 0 aliphatic heterocycles. The van der Waals surface area contributed by atoms with Crippen LogP contribution in [0.15, 0.2) is 17.0 Å². The molecule has 1 aromatic rings. The molecular formula is C10H14ClFN2O2S2. The van der Waals surface area contributed by atoms with E-state index in [1.54, 1.807) is 0 Å². The third-order valence-corrected chi connectivity index (χ3v) is 4.94. The van der Waals surface area contributed by atoms with Crippen LogP contribution in [0.4, 0.5) is 10.1 Å². The van der Waals surface area contributed by atoms with E-state index in [4.69, 9.17) is 17.3 Å². The molecule has 3 N–H and O–H groups in total. The first-order valence-electron chi connectivity index (χ1n) is 5.05. The maximum atomic E-state index is 13.7. The molecule has 0 aromatic heterocycles. The number of nitrogens with two attached hydrogens (primary N) is 1. The van der Waals surface area contributed by atoms with Crippen molar-refractivity contribution in [2.45, 2.75) is 17.1 Å². The smallest absolute Gasteiger partial charge is 0.243 e. The average molecular weight is 313 g/mol. The number of thioether (sulfide) groups is 1. The Morgan fingerprint density at radius 1 is 1.56 bits per heavy atom. The first kappa shape index (κ1) is 15.6. The molecule has 0 amide bonds. The van der Waals surface area contributed by atoms with E-state index in [9.17, 15) is 12.8 Å². The van der Waals surface area contributed by atoms with Gasteiger partial charge in [0.1, 0.15) is 4.90 Å². The minimum absolute atomic E-state index is 0.0827. The minimum atomic E-state index is -3.94. The van der Waals surface area contributed by atoms with Gasteiger partial charge in [0, 0.05) is 17.5 Å². The summed E-state index contributed by atoms with van der Waals surface area (Å²) in [7, 11) is -3.94. The van der Waals surface area contributed by atoms with E-state index < -0.39 is 20.7 Å². The molecule has 18 heavy (non-hydrogen) atoms. The van der Waals surface area contributed by atoms with Gasteiger partial charge in [-0.3, -0.25) is 0 Å². The minimum Gasteiger partial charge on any atom is -0.399 e. The Labute approximate surface area is 115 Å². The number of hydrogen-bond donors (Lipinski definition) is 2. The molecule has 0 fully saturated rings. The van der Waals surface area contributed by atoms with Crippen LogP contribution >= 0.6 is 23.4 Å². The second-order valence-electron chi connectivity index (χ2n) is 3.71. The monoisotopic (exact) mass is 312 g/mol. The van der Waals surface area contributed by atoms with Crippen molar-refractivity contribution in [1.29, 1.82) is 0 Å². The lowest BCUT2D eigenvalue weighted by Crippen LogP contribution is -2.30. The molecule has 0 spiro atoms. The number of rotatable bonds is 5. The van der Waals surface area contributed by atoms with Crippen molar-refractivity contribution in [3.8, 4) is 0 Å². The number of sulfonamides is 1. The van der Waals surface area contributed by atoms with Crippen LogP contribution in [-0.2, 0) is 10.0 Å². The van der Waals surface area contributed by atoms with E-state index in [0.717, 1.165) is 6.07 Å². The highest BCUT2D eigenvalue weighted by Crippen LogP contribution is 2.25.